The third-order valence-corrected chi connectivity index (χ3v) is 5.66. The summed E-state index contributed by atoms with van der Waals surface area (Å²) < 4.78 is 87.1. The van der Waals surface area contributed by atoms with Gasteiger partial charge in [-0.15, -0.1) is 0 Å². The average Bonchev–Trinajstić information content (AvgIpc) is 2.99. The maximum Gasteiger partial charge on any atom is 0.416 e. The molecule has 0 aliphatic rings. The quantitative estimate of drug-likeness (QED) is 0.0792. The molecule has 0 aliphatic carbocycles. The van der Waals surface area contributed by atoms with E-state index in [1.54, 1.807) is 36.4 Å². The average molecular weight is 605 g/mol. The largest absolute Gasteiger partial charge is 0.422 e. The van der Waals surface area contributed by atoms with Crippen molar-refractivity contribution in [1.29, 1.82) is 0 Å². The lowest BCUT2D eigenvalue weighted by Gasteiger charge is -2.06. The van der Waals surface area contributed by atoms with Crippen LogP contribution >= 0.6 is 0 Å². The molecule has 4 aromatic carbocycles. The van der Waals surface area contributed by atoms with Crippen LogP contribution in [0.25, 0.3) is 0 Å². The van der Waals surface area contributed by atoms with Gasteiger partial charge in [0.05, 0.1) is 22.3 Å². The highest BCUT2D eigenvalue weighted by Gasteiger charge is 2.30. The van der Waals surface area contributed by atoms with E-state index in [0.29, 0.717) is 11.1 Å². The van der Waals surface area contributed by atoms with Crippen molar-refractivity contribution in [1.82, 2.24) is 0 Å². The summed E-state index contributed by atoms with van der Waals surface area (Å²) >= 11 is 0. The molecule has 220 valence electrons. The monoisotopic (exact) mass is 604 g/mol. The number of esters is 2. The first-order valence-corrected chi connectivity index (χ1v) is 12.6. The molecule has 0 atom stereocenters. The normalized spacial score (nSPS) is 11.1. The van der Waals surface area contributed by atoms with Crippen molar-refractivity contribution in [3.63, 3.8) is 0 Å². The predicted octanol–water partition coefficient (Wildman–Crippen LogP) is 7.59. The van der Waals surface area contributed by atoms with Crippen LogP contribution in [0.2, 0.25) is 0 Å². The molecule has 0 fully saturated rings. The molecule has 0 aliphatic heterocycles. The van der Waals surface area contributed by atoms with E-state index in [0.717, 1.165) is 36.4 Å². The molecule has 0 bridgehead atoms. The number of hydrogen-bond acceptors (Lipinski definition) is 4. The second kappa shape index (κ2) is 13.5. The van der Waals surface area contributed by atoms with Crippen molar-refractivity contribution >= 4 is 11.9 Å². The summed E-state index contributed by atoms with van der Waals surface area (Å²) in [6.07, 6.45) is -7.27. The van der Waals surface area contributed by atoms with E-state index in [4.69, 9.17) is 9.47 Å². The number of carbonyl (C=O) groups is 2. The number of rotatable bonds is 4. The fraction of sp³-hybridized carbons (Fsp3) is 0.0588. The Bertz CT molecular complexity index is 1680. The zero-order chi connectivity index (χ0) is 31.7. The standard InChI is InChI=1S/C34H18F6O4/c35-33(36,37)27-17-11-23(12-18-27)9-15-25-5-1-3-7-29(25)43-31(41)21-22-32(42)44-30-8-4-2-6-26(30)16-10-24-13-19-28(20-14-24)34(38,39)40/h1-8,11-14,17-22H/b22-21+. The van der Waals surface area contributed by atoms with Crippen molar-refractivity contribution in [2.45, 2.75) is 12.4 Å². The smallest absolute Gasteiger partial charge is 0.416 e. The van der Waals surface area contributed by atoms with Crippen LogP contribution in [0.4, 0.5) is 26.3 Å². The van der Waals surface area contributed by atoms with Crippen LogP contribution in [0.3, 0.4) is 0 Å². The second-order valence-electron chi connectivity index (χ2n) is 8.82. The van der Waals surface area contributed by atoms with E-state index < -0.39 is 35.4 Å². The molecular weight excluding hydrogens is 586 g/mol. The maximum atomic E-state index is 12.8. The Hall–Kier alpha value is -5.74. The molecule has 44 heavy (non-hydrogen) atoms. The number of benzene rings is 4. The minimum Gasteiger partial charge on any atom is -0.422 e. The van der Waals surface area contributed by atoms with E-state index in [-0.39, 0.29) is 22.6 Å². The maximum absolute atomic E-state index is 12.8. The van der Waals surface area contributed by atoms with Gasteiger partial charge in [0.2, 0.25) is 0 Å². The van der Waals surface area contributed by atoms with Crippen LogP contribution in [-0.2, 0) is 21.9 Å². The lowest BCUT2D eigenvalue weighted by Crippen LogP contribution is -2.09. The molecule has 0 amide bonds. The van der Waals surface area contributed by atoms with Gasteiger partial charge in [0.15, 0.2) is 0 Å². The minimum atomic E-state index is -4.47. The van der Waals surface area contributed by atoms with Crippen LogP contribution in [0, 0.1) is 23.7 Å². The van der Waals surface area contributed by atoms with Crippen LogP contribution in [0.5, 0.6) is 11.5 Å². The van der Waals surface area contributed by atoms with Gasteiger partial charge in [-0.25, -0.2) is 9.59 Å². The van der Waals surface area contributed by atoms with Gasteiger partial charge in [-0.05, 0) is 72.8 Å². The second-order valence-corrected chi connectivity index (χ2v) is 8.82. The highest BCUT2D eigenvalue weighted by Crippen LogP contribution is 2.30. The lowest BCUT2D eigenvalue weighted by atomic mass is 10.1. The molecule has 10 heteroatoms. The van der Waals surface area contributed by atoms with Crippen LogP contribution in [-0.4, -0.2) is 11.9 Å². The summed E-state index contributed by atoms with van der Waals surface area (Å²) in [4.78, 5) is 24.8. The molecule has 4 aromatic rings. The SMILES string of the molecule is O=C(/C=C/C(=O)Oc1ccccc1C#Cc1ccc(C(F)(F)F)cc1)Oc1ccccc1C#Cc1ccc(C(F)(F)F)cc1. The van der Waals surface area contributed by atoms with E-state index in [1.807, 2.05) is 0 Å². The Kier molecular flexibility index (Phi) is 9.57. The molecule has 4 rings (SSSR count). The first-order valence-electron chi connectivity index (χ1n) is 12.6. The van der Waals surface area contributed by atoms with E-state index >= 15 is 0 Å². The Balaban J connectivity index is 1.39. The summed E-state index contributed by atoms with van der Waals surface area (Å²) in [6, 6.07) is 20.9. The van der Waals surface area contributed by atoms with E-state index in [2.05, 4.69) is 23.7 Å². The summed E-state index contributed by atoms with van der Waals surface area (Å²) in [7, 11) is 0. The minimum absolute atomic E-state index is 0.0545. The Labute approximate surface area is 247 Å². The molecule has 0 radical (unpaired) electrons. The van der Waals surface area contributed by atoms with Gasteiger partial charge < -0.3 is 9.47 Å². The van der Waals surface area contributed by atoms with Gasteiger partial charge >= 0.3 is 24.3 Å². The molecular formula is C34H18F6O4. The third kappa shape index (κ3) is 8.88. The summed E-state index contributed by atoms with van der Waals surface area (Å²) in [5, 5.41) is 0. The Morgan fingerprint density at radius 2 is 0.841 bits per heavy atom. The molecule has 0 heterocycles. The Morgan fingerprint density at radius 3 is 1.18 bits per heavy atom. The van der Waals surface area contributed by atoms with Crippen molar-refractivity contribution in [2.24, 2.45) is 0 Å². The molecule has 4 nitrogen and oxygen atoms in total. The van der Waals surface area contributed by atoms with Crippen LogP contribution < -0.4 is 9.47 Å². The van der Waals surface area contributed by atoms with Crippen LogP contribution in [0.15, 0.2) is 109 Å². The number of hydrogen-bond donors (Lipinski definition) is 0. The zero-order valence-electron chi connectivity index (χ0n) is 22.3. The van der Waals surface area contributed by atoms with Gasteiger partial charge in [-0.1, -0.05) is 47.9 Å². The van der Waals surface area contributed by atoms with Crippen molar-refractivity contribution < 1.29 is 45.4 Å². The summed E-state index contributed by atoms with van der Waals surface area (Å²) in [5.74, 6) is 9.15. The molecule has 0 unspecified atom stereocenters. The van der Waals surface area contributed by atoms with Gasteiger partial charge in [-0.2, -0.15) is 26.3 Å². The first-order chi connectivity index (χ1) is 20.9. The van der Waals surface area contributed by atoms with Crippen molar-refractivity contribution in [3.8, 4) is 35.2 Å². The summed E-state index contributed by atoms with van der Waals surface area (Å²) in [6.45, 7) is 0. The highest BCUT2D eigenvalue weighted by molar-refractivity contribution is 5.93. The van der Waals surface area contributed by atoms with E-state index in [1.165, 1.54) is 36.4 Å². The fourth-order valence-electron chi connectivity index (χ4n) is 3.50. The number of para-hydroxylation sites is 2. The van der Waals surface area contributed by atoms with Crippen molar-refractivity contribution in [2.75, 3.05) is 0 Å². The predicted molar refractivity (Wildman–Crippen MR) is 148 cm³/mol. The topological polar surface area (TPSA) is 52.6 Å². The van der Waals surface area contributed by atoms with Gasteiger partial charge in [-0.3, -0.25) is 0 Å². The number of carbonyl (C=O) groups excluding carboxylic acids is 2. The molecule has 0 saturated heterocycles. The van der Waals surface area contributed by atoms with Gasteiger partial charge in [0.25, 0.3) is 0 Å². The number of alkyl halides is 6. The van der Waals surface area contributed by atoms with Gasteiger partial charge in [0.1, 0.15) is 11.5 Å². The molecule has 0 saturated carbocycles. The molecule has 0 aromatic heterocycles. The molecule has 0 spiro atoms. The van der Waals surface area contributed by atoms with Crippen molar-refractivity contribution in [3.05, 3.63) is 143 Å². The fourth-order valence-corrected chi connectivity index (χ4v) is 3.50. The highest BCUT2D eigenvalue weighted by atomic mass is 19.4. The number of halogens is 6. The Morgan fingerprint density at radius 1 is 0.500 bits per heavy atom. The van der Waals surface area contributed by atoms with E-state index in [9.17, 15) is 35.9 Å². The van der Waals surface area contributed by atoms with Gasteiger partial charge in [0, 0.05) is 23.3 Å². The number of ether oxygens (including phenoxy) is 2. The lowest BCUT2D eigenvalue weighted by molar-refractivity contribution is -0.138. The zero-order valence-corrected chi connectivity index (χ0v) is 22.3. The van der Waals surface area contributed by atoms with Crippen LogP contribution in [0.1, 0.15) is 33.4 Å². The summed E-state index contributed by atoms with van der Waals surface area (Å²) in [5.41, 5.74) is -0.443. The molecule has 0 N–H and O–H groups in total. The third-order valence-electron chi connectivity index (χ3n) is 5.66. The first kappa shape index (κ1) is 31.2.